The van der Waals surface area contributed by atoms with Crippen LogP contribution in [0.5, 0.6) is 0 Å². The van der Waals surface area contributed by atoms with Gasteiger partial charge in [-0.05, 0) is 25.0 Å². The number of benzene rings is 1. The second-order valence-electron chi connectivity index (χ2n) is 4.03. The Morgan fingerprint density at radius 3 is 2.29 bits per heavy atom. The van der Waals surface area contributed by atoms with Gasteiger partial charge in [0.2, 0.25) is 0 Å². The molecule has 0 fully saturated rings. The number of carboxylic acids is 1. The van der Waals surface area contributed by atoms with Gasteiger partial charge in [0.05, 0.1) is 17.7 Å². The lowest BCUT2D eigenvalue weighted by Crippen LogP contribution is -2.16. The van der Waals surface area contributed by atoms with Gasteiger partial charge in [0.15, 0.2) is 0 Å². The zero-order valence-corrected chi connectivity index (χ0v) is 11.7. The first-order valence-electron chi connectivity index (χ1n) is 5.90. The number of esters is 1. The number of aliphatic hydroxyl groups excluding tert-OH is 1. The van der Waals surface area contributed by atoms with Crippen molar-refractivity contribution in [2.75, 3.05) is 13.2 Å². The van der Waals surface area contributed by atoms with E-state index in [1.165, 1.54) is 6.07 Å². The molecule has 0 aliphatic carbocycles. The van der Waals surface area contributed by atoms with Gasteiger partial charge in [0.1, 0.15) is 4.90 Å². The first-order chi connectivity index (χ1) is 9.79. The third-order valence-corrected chi connectivity index (χ3v) is 3.46. The minimum atomic E-state index is -4.91. The lowest BCUT2D eigenvalue weighted by atomic mass is 10.1. The predicted octanol–water partition coefficient (Wildman–Crippen LogP) is 0.561. The molecule has 0 saturated carbocycles. The first-order valence-corrected chi connectivity index (χ1v) is 7.34. The van der Waals surface area contributed by atoms with E-state index < -0.39 is 38.1 Å². The Hall–Kier alpha value is -1.97. The van der Waals surface area contributed by atoms with Crippen molar-refractivity contribution in [2.45, 2.75) is 17.7 Å². The molecule has 8 nitrogen and oxygen atoms in total. The van der Waals surface area contributed by atoms with Crippen LogP contribution in [0.25, 0.3) is 0 Å². The summed E-state index contributed by atoms with van der Waals surface area (Å²) in [6.07, 6.45) is 0.760. The molecule has 0 amide bonds. The van der Waals surface area contributed by atoms with Crippen LogP contribution in [0, 0.1) is 0 Å². The summed E-state index contributed by atoms with van der Waals surface area (Å²) in [6.45, 7) is -0.149. The molecule has 1 aromatic carbocycles. The number of ether oxygens (including phenoxy) is 1. The molecule has 21 heavy (non-hydrogen) atoms. The zero-order chi connectivity index (χ0) is 16.0. The first kappa shape index (κ1) is 17.1. The highest BCUT2D eigenvalue weighted by molar-refractivity contribution is 7.86. The monoisotopic (exact) mass is 318 g/mol. The SMILES string of the molecule is O=C(O)c1cccc(C(=O)OCCCCO)c1S(=O)(=O)O. The predicted molar refractivity (Wildman–Crippen MR) is 69.8 cm³/mol. The minimum absolute atomic E-state index is 0.0678. The molecule has 3 N–H and O–H groups in total. The van der Waals surface area contributed by atoms with Crippen molar-refractivity contribution < 1.29 is 37.5 Å². The van der Waals surface area contributed by atoms with Crippen molar-refractivity contribution in [2.24, 2.45) is 0 Å². The fraction of sp³-hybridized carbons (Fsp3) is 0.333. The third-order valence-electron chi connectivity index (χ3n) is 2.51. The highest BCUT2D eigenvalue weighted by Gasteiger charge is 2.28. The number of rotatable bonds is 7. The van der Waals surface area contributed by atoms with Gasteiger partial charge in [0, 0.05) is 6.61 Å². The van der Waals surface area contributed by atoms with Gasteiger partial charge in [-0.2, -0.15) is 8.42 Å². The summed E-state index contributed by atoms with van der Waals surface area (Å²) in [4.78, 5) is 21.8. The molecule has 116 valence electrons. The Morgan fingerprint density at radius 2 is 1.76 bits per heavy atom. The molecule has 0 atom stereocenters. The number of aromatic carboxylic acids is 1. The summed E-state index contributed by atoms with van der Waals surface area (Å²) in [6, 6.07) is 3.17. The molecule has 0 unspecified atom stereocenters. The van der Waals surface area contributed by atoms with Crippen LogP contribution in [0.2, 0.25) is 0 Å². The van der Waals surface area contributed by atoms with Crippen LogP contribution in [0.15, 0.2) is 23.1 Å². The number of unbranched alkanes of at least 4 members (excludes halogenated alkanes) is 1. The van der Waals surface area contributed by atoms with Gasteiger partial charge >= 0.3 is 11.9 Å². The number of carbonyl (C=O) groups excluding carboxylic acids is 1. The second kappa shape index (κ2) is 7.16. The van der Waals surface area contributed by atoms with Crippen LogP contribution in [-0.4, -0.2) is 48.3 Å². The summed E-state index contributed by atoms with van der Waals surface area (Å²) in [5.41, 5.74) is -1.27. The van der Waals surface area contributed by atoms with Gasteiger partial charge in [-0.15, -0.1) is 0 Å². The van der Waals surface area contributed by atoms with Gasteiger partial charge < -0.3 is 14.9 Å². The molecule has 0 heterocycles. The van der Waals surface area contributed by atoms with Crippen molar-refractivity contribution in [3.63, 3.8) is 0 Å². The van der Waals surface area contributed by atoms with Crippen LogP contribution in [0.4, 0.5) is 0 Å². The number of carbonyl (C=O) groups is 2. The molecule has 1 aromatic rings. The molecular weight excluding hydrogens is 304 g/mol. The van der Waals surface area contributed by atoms with Gasteiger partial charge in [-0.1, -0.05) is 6.07 Å². The molecule has 0 spiro atoms. The zero-order valence-electron chi connectivity index (χ0n) is 10.9. The summed E-state index contributed by atoms with van der Waals surface area (Å²) < 4.78 is 36.5. The van der Waals surface area contributed by atoms with Crippen LogP contribution < -0.4 is 0 Å². The fourth-order valence-electron chi connectivity index (χ4n) is 1.60. The van der Waals surface area contributed by atoms with E-state index in [2.05, 4.69) is 0 Å². The summed E-state index contributed by atoms with van der Waals surface area (Å²) in [5, 5.41) is 17.5. The molecule has 0 aromatic heterocycles. The van der Waals surface area contributed by atoms with Crippen LogP contribution in [0.1, 0.15) is 33.6 Å². The topological polar surface area (TPSA) is 138 Å². The Bertz CT molecular complexity index is 635. The van der Waals surface area contributed by atoms with Crippen molar-refractivity contribution >= 4 is 22.1 Å². The second-order valence-corrected chi connectivity index (χ2v) is 5.39. The van der Waals surface area contributed by atoms with E-state index in [0.29, 0.717) is 12.8 Å². The van der Waals surface area contributed by atoms with E-state index >= 15 is 0 Å². The standard InChI is InChI=1S/C12H14O8S/c13-6-1-2-7-20-12(16)9-5-3-4-8(11(14)15)10(9)21(17,18)19/h3-5,13H,1-2,6-7H2,(H,14,15)(H,17,18,19). The molecule has 1 rings (SSSR count). The smallest absolute Gasteiger partial charge is 0.339 e. The molecule has 9 heteroatoms. The molecule has 0 aliphatic heterocycles. The number of hydrogen-bond acceptors (Lipinski definition) is 6. The molecular formula is C12H14O8S. The van der Waals surface area contributed by atoms with Crippen LogP contribution in [-0.2, 0) is 14.9 Å². The molecule has 0 radical (unpaired) electrons. The highest BCUT2D eigenvalue weighted by Crippen LogP contribution is 2.22. The lowest BCUT2D eigenvalue weighted by Gasteiger charge is -2.10. The van der Waals surface area contributed by atoms with E-state index in [-0.39, 0.29) is 13.2 Å². The Labute approximate surface area is 120 Å². The average Bonchev–Trinajstić information content (AvgIpc) is 2.41. The maximum atomic E-state index is 11.8. The van der Waals surface area contributed by atoms with E-state index in [9.17, 15) is 18.0 Å². The maximum absolute atomic E-state index is 11.8. The summed E-state index contributed by atoms with van der Waals surface area (Å²) in [5.74, 6) is -2.67. The minimum Gasteiger partial charge on any atom is -0.478 e. The number of hydrogen-bond donors (Lipinski definition) is 3. The van der Waals surface area contributed by atoms with Crippen molar-refractivity contribution in [3.05, 3.63) is 29.3 Å². The molecule has 0 bridgehead atoms. The largest absolute Gasteiger partial charge is 0.478 e. The van der Waals surface area contributed by atoms with E-state index in [1.807, 2.05) is 0 Å². The number of aliphatic hydroxyl groups is 1. The van der Waals surface area contributed by atoms with Gasteiger partial charge in [-0.25, -0.2) is 9.59 Å². The average molecular weight is 318 g/mol. The Morgan fingerprint density at radius 1 is 1.14 bits per heavy atom. The fourth-order valence-corrected chi connectivity index (χ4v) is 2.46. The van der Waals surface area contributed by atoms with E-state index in [4.69, 9.17) is 19.5 Å². The van der Waals surface area contributed by atoms with Gasteiger partial charge in [-0.3, -0.25) is 4.55 Å². The van der Waals surface area contributed by atoms with Crippen molar-refractivity contribution in [1.29, 1.82) is 0 Å². The van der Waals surface area contributed by atoms with Crippen LogP contribution in [0.3, 0.4) is 0 Å². The van der Waals surface area contributed by atoms with Crippen LogP contribution >= 0.6 is 0 Å². The van der Waals surface area contributed by atoms with E-state index in [1.54, 1.807) is 0 Å². The highest BCUT2D eigenvalue weighted by atomic mass is 32.2. The maximum Gasteiger partial charge on any atom is 0.339 e. The van der Waals surface area contributed by atoms with E-state index in [0.717, 1.165) is 12.1 Å². The number of carboxylic acid groups (broad SMARTS) is 1. The van der Waals surface area contributed by atoms with Gasteiger partial charge in [0.25, 0.3) is 10.1 Å². The summed E-state index contributed by atoms with van der Waals surface area (Å²) in [7, 11) is -4.91. The normalized spacial score (nSPS) is 11.1. The quantitative estimate of drug-likeness (QED) is 0.376. The summed E-state index contributed by atoms with van der Waals surface area (Å²) >= 11 is 0. The van der Waals surface area contributed by atoms with Crippen molar-refractivity contribution in [3.8, 4) is 0 Å². The molecule has 0 saturated heterocycles. The Kier molecular flexibility index (Phi) is 5.82. The molecule has 0 aliphatic rings. The Balaban J connectivity index is 3.15. The lowest BCUT2D eigenvalue weighted by molar-refractivity contribution is 0.0487. The van der Waals surface area contributed by atoms with Crippen molar-refractivity contribution in [1.82, 2.24) is 0 Å². The third kappa shape index (κ3) is 4.52.